The Morgan fingerprint density at radius 2 is 2.29 bits per heavy atom. The molecule has 4 N–H and O–H groups in total. The molecule has 0 heterocycles. The molecule has 0 bridgehead atoms. The van der Waals surface area contributed by atoms with Crippen molar-refractivity contribution in [1.82, 2.24) is 5.32 Å². The van der Waals surface area contributed by atoms with Crippen LogP contribution < -0.4 is 11.1 Å². The zero-order valence-corrected chi connectivity index (χ0v) is 9.48. The molecular formula is C9H20N2O2S. The molecule has 0 radical (unpaired) electrons. The normalized spacial score (nSPS) is 12.5. The largest absolute Gasteiger partial charge is 0.396 e. The minimum Gasteiger partial charge on any atom is -0.396 e. The number of rotatable bonds is 8. The monoisotopic (exact) mass is 220 g/mol. The average molecular weight is 220 g/mol. The summed E-state index contributed by atoms with van der Waals surface area (Å²) in [5.74, 6) is 0.822. The molecule has 0 saturated heterocycles. The topological polar surface area (TPSA) is 75.4 Å². The van der Waals surface area contributed by atoms with E-state index in [0.29, 0.717) is 13.0 Å². The lowest BCUT2D eigenvalue weighted by molar-refractivity contribution is -0.122. The maximum absolute atomic E-state index is 11.3. The molecular weight excluding hydrogens is 200 g/mol. The summed E-state index contributed by atoms with van der Waals surface area (Å²) in [5, 5.41) is 11.3. The number of hydrogen-bond acceptors (Lipinski definition) is 4. The lowest BCUT2D eigenvalue weighted by Crippen LogP contribution is -2.41. The highest BCUT2D eigenvalue weighted by atomic mass is 32.2. The van der Waals surface area contributed by atoms with E-state index in [0.717, 1.165) is 18.6 Å². The Bertz CT molecular complexity index is 156. The van der Waals surface area contributed by atoms with Crippen molar-refractivity contribution in [1.29, 1.82) is 0 Å². The molecule has 0 rings (SSSR count). The van der Waals surface area contributed by atoms with Crippen LogP contribution in [0.5, 0.6) is 0 Å². The first-order valence-electron chi connectivity index (χ1n) is 4.85. The van der Waals surface area contributed by atoms with Gasteiger partial charge in [0.2, 0.25) is 5.91 Å². The highest BCUT2D eigenvalue weighted by molar-refractivity contribution is 7.98. The Kier molecular flexibility index (Phi) is 9.13. The van der Waals surface area contributed by atoms with E-state index in [4.69, 9.17) is 10.8 Å². The molecule has 0 aromatic heterocycles. The zero-order valence-electron chi connectivity index (χ0n) is 8.66. The van der Waals surface area contributed by atoms with Gasteiger partial charge in [-0.25, -0.2) is 0 Å². The van der Waals surface area contributed by atoms with Crippen LogP contribution in [0, 0.1) is 0 Å². The Hall–Kier alpha value is -0.260. The van der Waals surface area contributed by atoms with Crippen molar-refractivity contribution < 1.29 is 9.90 Å². The first-order valence-corrected chi connectivity index (χ1v) is 6.24. The van der Waals surface area contributed by atoms with Gasteiger partial charge in [-0.1, -0.05) is 0 Å². The van der Waals surface area contributed by atoms with Crippen LogP contribution in [0.2, 0.25) is 0 Å². The van der Waals surface area contributed by atoms with Gasteiger partial charge in [0, 0.05) is 13.2 Å². The van der Waals surface area contributed by atoms with Crippen LogP contribution in [-0.4, -0.2) is 42.2 Å². The second-order valence-electron chi connectivity index (χ2n) is 3.11. The third kappa shape index (κ3) is 7.17. The minimum atomic E-state index is -0.392. The summed E-state index contributed by atoms with van der Waals surface area (Å²) in [4.78, 5) is 11.3. The molecule has 14 heavy (non-hydrogen) atoms. The van der Waals surface area contributed by atoms with Gasteiger partial charge < -0.3 is 16.2 Å². The highest BCUT2D eigenvalue weighted by Gasteiger charge is 2.11. The number of nitrogens with one attached hydrogen (secondary N) is 1. The first kappa shape index (κ1) is 13.7. The van der Waals surface area contributed by atoms with E-state index in [1.807, 2.05) is 6.26 Å². The second-order valence-corrected chi connectivity index (χ2v) is 4.10. The fourth-order valence-electron chi connectivity index (χ4n) is 0.955. The van der Waals surface area contributed by atoms with E-state index in [9.17, 15) is 4.79 Å². The molecule has 4 nitrogen and oxygen atoms in total. The summed E-state index contributed by atoms with van der Waals surface area (Å²) in [5.41, 5.74) is 5.64. The van der Waals surface area contributed by atoms with Crippen LogP contribution in [-0.2, 0) is 4.79 Å². The van der Waals surface area contributed by atoms with Crippen LogP contribution in [0.25, 0.3) is 0 Å². The van der Waals surface area contributed by atoms with Gasteiger partial charge in [0.25, 0.3) is 0 Å². The second kappa shape index (κ2) is 9.30. The van der Waals surface area contributed by atoms with Gasteiger partial charge in [0.05, 0.1) is 6.04 Å². The van der Waals surface area contributed by atoms with E-state index >= 15 is 0 Å². The minimum absolute atomic E-state index is 0.0861. The molecule has 0 aliphatic heterocycles. The van der Waals surface area contributed by atoms with Crippen molar-refractivity contribution in [2.45, 2.75) is 25.3 Å². The molecule has 5 heteroatoms. The molecule has 1 amide bonds. The van der Waals surface area contributed by atoms with Crippen molar-refractivity contribution in [3.05, 3.63) is 0 Å². The summed E-state index contributed by atoms with van der Waals surface area (Å²) in [6.45, 7) is 0.779. The molecule has 1 atom stereocenters. The molecule has 0 fully saturated rings. The number of amides is 1. The van der Waals surface area contributed by atoms with Crippen molar-refractivity contribution in [2.75, 3.05) is 25.2 Å². The SMILES string of the molecule is CSCC[C@H](N)C(=O)NCCCCO. The first-order chi connectivity index (χ1) is 6.72. The quantitative estimate of drug-likeness (QED) is 0.502. The fraction of sp³-hybridized carbons (Fsp3) is 0.889. The van der Waals surface area contributed by atoms with Crippen molar-refractivity contribution >= 4 is 17.7 Å². The maximum atomic E-state index is 11.3. The van der Waals surface area contributed by atoms with Crippen LogP contribution >= 0.6 is 11.8 Å². The van der Waals surface area contributed by atoms with Crippen molar-refractivity contribution in [2.24, 2.45) is 5.73 Å². The van der Waals surface area contributed by atoms with Gasteiger partial charge in [0.15, 0.2) is 0 Å². The van der Waals surface area contributed by atoms with E-state index in [1.54, 1.807) is 11.8 Å². The average Bonchev–Trinajstić information content (AvgIpc) is 2.20. The van der Waals surface area contributed by atoms with Crippen LogP contribution in [0.4, 0.5) is 0 Å². The number of hydrogen-bond donors (Lipinski definition) is 3. The van der Waals surface area contributed by atoms with Gasteiger partial charge in [-0.3, -0.25) is 4.79 Å². The number of unbranched alkanes of at least 4 members (excludes halogenated alkanes) is 1. The molecule has 0 unspecified atom stereocenters. The summed E-state index contributed by atoms with van der Waals surface area (Å²) in [6, 6.07) is -0.392. The van der Waals surface area contributed by atoms with Gasteiger partial charge in [-0.15, -0.1) is 0 Å². The Balaban J connectivity index is 3.42. The van der Waals surface area contributed by atoms with E-state index in [2.05, 4.69) is 5.32 Å². The van der Waals surface area contributed by atoms with Crippen LogP contribution in [0.15, 0.2) is 0 Å². The lowest BCUT2D eigenvalue weighted by atomic mass is 10.2. The molecule has 0 aliphatic carbocycles. The Labute approximate surface area is 89.6 Å². The van der Waals surface area contributed by atoms with Crippen LogP contribution in [0.1, 0.15) is 19.3 Å². The molecule has 0 spiro atoms. The predicted molar refractivity (Wildman–Crippen MR) is 60.3 cm³/mol. The molecule has 84 valence electrons. The van der Waals surface area contributed by atoms with E-state index in [-0.39, 0.29) is 12.5 Å². The lowest BCUT2D eigenvalue weighted by Gasteiger charge is -2.10. The Morgan fingerprint density at radius 1 is 1.57 bits per heavy atom. The number of carbonyl (C=O) groups excluding carboxylic acids is 1. The number of aliphatic hydroxyl groups is 1. The van der Waals surface area contributed by atoms with Crippen LogP contribution in [0.3, 0.4) is 0 Å². The molecule has 0 aliphatic rings. The van der Waals surface area contributed by atoms with E-state index in [1.165, 1.54) is 0 Å². The third-order valence-corrected chi connectivity index (χ3v) is 2.50. The highest BCUT2D eigenvalue weighted by Crippen LogP contribution is 1.98. The summed E-state index contributed by atoms with van der Waals surface area (Å²) < 4.78 is 0. The third-order valence-electron chi connectivity index (χ3n) is 1.85. The summed E-state index contributed by atoms with van der Waals surface area (Å²) >= 11 is 1.69. The van der Waals surface area contributed by atoms with Crippen molar-refractivity contribution in [3.63, 3.8) is 0 Å². The molecule has 0 saturated carbocycles. The number of nitrogens with two attached hydrogens (primary N) is 1. The molecule has 0 aromatic rings. The predicted octanol–water partition coefficient (Wildman–Crippen LogP) is -0.0445. The Morgan fingerprint density at radius 3 is 2.86 bits per heavy atom. The maximum Gasteiger partial charge on any atom is 0.236 e. The smallest absolute Gasteiger partial charge is 0.236 e. The van der Waals surface area contributed by atoms with Gasteiger partial charge in [-0.2, -0.15) is 11.8 Å². The van der Waals surface area contributed by atoms with Gasteiger partial charge in [-0.05, 0) is 31.3 Å². The van der Waals surface area contributed by atoms with Gasteiger partial charge >= 0.3 is 0 Å². The van der Waals surface area contributed by atoms with Crippen molar-refractivity contribution in [3.8, 4) is 0 Å². The zero-order chi connectivity index (χ0) is 10.8. The van der Waals surface area contributed by atoms with Gasteiger partial charge in [0.1, 0.15) is 0 Å². The number of aliphatic hydroxyl groups excluding tert-OH is 1. The summed E-state index contributed by atoms with van der Waals surface area (Å²) in [7, 11) is 0. The number of carbonyl (C=O) groups is 1. The molecule has 0 aromatic carbocycles. The fourth-order valence-corrected chi connectivity index (χ4v) is 1.45. The van der Waals surface area contributed by atoms with E-state index < -0.39 is 6.04 Å². The number of thioether (sulfide) groups is 1. The standard InChI is InChI=1S/C9H20N2O2S/c1-14-7-4-8(10)9(13)11-5-2-3-6-12/h8,12H,2-7,10H2,1H3,(H,11,13)/t8-/m0/s1. The summed E-state index contributed by atoms with van der Waals surface area (Å²) in [6.07, 6.45) is 4.23.